The van der Waals surface area contributed by atoms with Gasteiger partial charge in [0.1, 0.15) is 5.75 Å². The van der Waals surface area contributed by atoms with Crippen LogP contribution in [0, 0.1) is 0 Å². The normalized spacial score (nSPS) is 10.6. The Balaban J connectivity index is 2.44. The molecule has 0 atom stereocenters. The van der Waals surface area contributed by atoms with Crippen molar-refractivity contribution in [3.63, 3.8) is 0 Å². The summed E-state index contributed by atoms with van der Waals surface area (Å²) >= 11 is 5.97. The summed E-state index contributed by atoms with van der Waals surface area (Å²) in [5, 5.41) is 0.675. The average Bonchev–Trinajstić information content (AvgIpc) is 2.29. The van der Waals surface area contributed by atoms with Gasteiger partial charge in [0.15, 0.2) is 0 Å². The fraction of sp³-hybridized carbons (Fsp3) is 0.214. The molecule has 0 spiro atoms. The molecule has 0 saturated carbocycles. The first-order valence-electron chi connectivity index (χ1n) is 5.54. The predicted octanol–water partition coefficient (Wildman–Crippen LogP) is 4.19. The van der Waals surface area contributed by atoms with E-state index in [1.807, 2.05) is 44.2 Å². The summed E-state index contributed by atoms with van der Waals surface area (Å²) in [6.45, 7) is 4.00. The second-order valence-corrected chi connectivity index (χ2v) is 4.46. The van der Waals surface area contributed by atoms with Crippen molar-refractivity contribution in [3.8, 4) is 17.0 Å². The molecule has 0 saturated heterocycles. The molecule has 1 heterocycles. The van der Waals surface area contributed by atoms with Crippen LogP contribution in [0.3, 0.4) is 0 Å². The molecule has 3 heteroatoms. The first-order chi connectivity index (χ1) is 8.16. The van der Waals surface area contributed by atoms with Gasteiger partial charge >= 0.3 is 0 Å². The summed E-state index contributed by atoms with van der Waals surface area (Å²) < 4.78 is 5.76. The number of aromatic nitrogens is 1. The van der Waals surface area contributed by atoms with Gasteiger partial charge in [0, 0.05) is 16.8 Å². The van der Waals surface area contributed by atoms with Crippen LogP contribution in [0.5, 0.6) is 5.75 Å². The van der Waals surface area contributed by atoms with E-state index in [4.69, 9.17) is 16.3 Å². The molecule has 88 valence electrons. The molecule has 2 rings (SSSR count). The van der Waals surface area contributed by atoms with Crippen LogP contribution in [-0.2, 0) is 0 Å². The fourth-order valence-corrected chi connectivity index (χ4v) is 1.75. The summed E-state index contributed by atoms with van der Waals surface area (Å²) in [7, 11) is 0. The molecule has 0 radical (unpaired) electrons. The lowest BCUT2D eigenvalue weighted by Crippen LogP contribution is -2.06. The van der Waals surface area contributed by atoms with Crippen LogP contribution in [0.4, 0.5) is 0 Å². The van der Waals surface area contributed by atoms with Crippen LogP contribution in [0.1, 0.15) is 13.8 Å². The molecule has 0 unspecified atom stereocenters. The predicted molar refractivity (Wildman–Crippen MR) is 70.4 cm³/mol. The highest BCUT2D eigenvalue weighted by molar-refractivity contribution is 6.30. The average molecular weight is 248 g/mol. The quantitative estimate of drug-likeness (QED) is 0.811. The van der Waals surface area contributed by atoms with Crippen molar-refractivity contribution in [2.45, 2.75) is 20.0 Å². The molecule has 0 amide bonds. The lowest BCUT2D eigenvalue weighted by Gasteiger charge is -2.13. The Kier molecular flexibility index (Phi) is 3.64. The standard InChI is InChI=1S/C14H14ClNO/c1-10(2)17-14-6-4-3-5-12(14)13-9-11(15)7-8-16-13/h3-10H,1-2H3. The van der Waals surface area contributed by atoms with Crippen molar-refractivity contribution in [2.75, 3.05) is 0 Å². The van der Waals surface area contributed by atoms with Crippen LogP contribution in [0.15, 0.2) is 42.6 Å². The van der Waals surface area contributed by atoms with Crippen molar-refractivity contribution >= 4 is 11.6 Å². The van der Waals surface area contributed by atoms with Gasteiger partial charge in [-0.25, -0.2) is 0 Å². The van der Waals surface area contributed by atoms with Crippen LogP contribution >= 0.6 is 11.6 Å². The number of halogens is 1. The lowest BCUT2D eigenvalue weighted by atomic mass is 10.1. The minimum Gasteiger partial charge on any atom is -0.490 e. The Labute approximate surface area is 106 Å². The molecule has 1 aromatic heterocycles. The van der Waals surface area contributed by atoms with E-state index >= 15 is 0 Å². The Hall–Kier alpha value is -1.54. The number of pyridine rings is 1. The first-order valence-corrected chi connectivity index (χ1v) is 5.92. The van der Waals surface area contributed by atoms with Crippen molar-refractivity contribution in [2.24, 2.45) is 0 Å². The van der Waals surface area contributed by atoms with Gasteiger partial charge in [0.2, 0.25) is 0 Å². The second kappa shape index (κ2) is 5.19. The van der Waals surface area contributed by atoms with Gasteiger partial charge in [0.05, 0.1) is 11.8 Å². The maximum absolute atomic E-state index is 5.97. The van der Waals surface area contributed by atoms with E-state index in [1.54, 1.807) is 12.3 Å². The van der Waals surface area contributed by atoms with E-state index in [0.29, 0.717) is 5.02 Å². The van der Waals surface area contributed by atoms with E-state index in [2.05, 4.69) is 4.98 Å². The van der Waals surface area contributed by atoms with Gasteiger partial charge < -0.3 is 4.74 Å². The third-order valence-electron chi connectivity index (χ3n) is 2.25. The number of hydrogen-bond acceptors (Lipinski definition) is 2. The number of rotatable bonds is 3. The fourth-order valence-electron chi connectivity index (χ4n) is 1.59. The molecule has 0 bridgehead atoms. The van der Waals surface area contributed by atoms with Gasteiger partial charge in [-0.1, -0.05) is 23.7 Å². The van der Waals surface area contributed by atoms with Gasteiger partial charge in [-0.3, -0.25) is 4.98 Å². The van der Waals surface area contributed by atoms with Gasteiger partial charge in [0.25, 0.3) is 0 Å². The number of nitrogens with zero attached hydrogens (tertiary/aromatic N) is 1. The molecule has 0 aliphatic heterocycles. The van der Waals surface area contributed by atoms with E-state index in [1.165, 1.54) is 0 Å². The van der Waals surface area contributed by atoms with E-state index in [0.717, 1.165) is 17.0 Å². The molecule has 0 aliphatic carbocycles. The number of hydrogen-bond donors (Lipinski definition) is 0. The number of para-hydroxylation sites is 1. The van der Waals surface area contributed by atoms with Crippen LogP contribution in [0.2, 0.25) is 5.02 Å². The van der Waals surface area contributed by atoms with Crippen molar-refractivity contribution in [1.29, 1.82) is 0 Å². The highest BCUT2D eigenvalue weighted by Gasteiger charge is 2.08. The summed E-state index contributed by atoms with van der Waals surface area (Å²) in [4.78, 5) is 4.31. The molecule has 2 aromatic rings. The van der Waals surface area contributed by atoms with Crippen molar-refractivity contribution in [3.05, 3.63) is 47.6 Å². The smallest absolute Gasteiger partial charge is 0.129 e. The zero-order valence-electron chi connectivity index (χ0n) is 9.85. The van der Waals surface area contributed by atoms with Crippen molar-refractivity contribution < 1.29 is 4.74 Å². The highest BCUT2D eigenvalue weighted by Crippen LogP contribution is 2.30. The Morgan fingerprint density at radius 1 is 1.18 bits per heavy atom. The molecule has 0 fully saturated rings. The maximum atomic E-state index is 5.97. The zero-order valence-corrected chi connectivity index (χ0v) is 10.6. The highest BCUT2D eigenvalue weighted by atomic mass is 35.5. The number of benzene rings is 1. The minimum absolute atomic E-state index is 0.135. The summed E-state index contributed by atoms with van der Waals surface area (Å²) in [6.07, 6.45) is 1.83. The molecule has 0 N–H and O–H groups in total. The van der Waals surface area contributed by atoms with Gasteiger partial charge in [-0.15, -0.1) is 0 Å². The zero-order chi connectivity index (χ0) is 12.3. The third-order valence-corrected chi connectivity index (χ3v) is 2.48. The summed E-state index contributed by atoms with van der Waals surface area (Å²) in [5.41, 5.74) is 1.79. The minimum atomic E-state index is 0.135. The maximum Gasteiger partial charge on any atom is 0.129 e. The van der Waals surface area contributed by atoms with Crippen LogP contribution in [-0.4, -0.2) is 11.1 Å². The molecule has 0 aliphatic rings. The van der Waals surface area contributed by atoms with Crippen molar-refractivity contribution in [1.82, 2.24) is 4.98 Å². The molecular weight excluding hydrogens is 234 g/mol. The molecule has 1 aromatic carbocycles. The molecule has 17 heavy (non-hydrogen) atoms. The SMILES string of the molecule is CC(C)Oc1ccccc1-c1cc(Cl)ccn1. The summed E-state index contributed by atoms with van der Waals surface area (Å²) in [6, 6.07) is 11.4. The Bertz CT molecular complexity index is 511. The van der Waals surface area contributed by atoms with E-state index < -0.39 is 0 Å². The molecule has 2 nitrogen and oxygen atoms in total. The van der Waals surface area contributed by atoms with Gasteiger partial charge in [-0.05, 0) is 38.1 Å². The monoisotopic (exact) mass is 247 g/mol. The summed E-state index contributed by atoms with van der Waals surface area (Å²) in [5.74, 6) is 0.831. The Morgan fingerprint density at radius 3 is 2.65 bits per heavy atom. The first kappa shape index (κ1) is 11.9. The lowest BCUT2D eigenvalue weighted by molar-refractivity contribution is 0.243. The largest absolute Gasteiger partial charge is 0.490 e. The topological polar surface area (TPSA) is 22.1 Å². The molecular formula is C14H14ClNO. The van der Waals surface area contributed by atoms with Gasteiger partial charge in [-0.2, -0.15) is 0 Å². The van der Waals surface area contributed by atoms with E-state index in [9.17, 15) is 0 Å². The Morgan fingerprint density at radius 2 is 1.94 bits per heavy atom. The van der Waals surface area contributed by atoms with E-state index in [-0.39, 0.29) is 6.10 Å². The second-order valence-electron chi connectivity index (χ2n) is 4.02. The van der Waals surface area contributed by atoms with Crippen LogP contribution in [0.25, 0.3) is 11.3 Å². The van der Waals surface area contributed by atoms with Crippen LogP contribution < -0.4 is 4.74 Å². The third kappa shape index (κ3) is 2.98. The number of ether oxygens (including phenoxy) is 1.